The maximum absolute atomic E-state index is 11.0. The van der Waals surface area contributed by atoms with Gasteiger partial charge in [0.1, 0.15) is 5.69 Å². The fourth-order valence-electron chi connectivity index (χ4n) is 2.05. The van der Waals surface area contributed by atoms with E-state index in [4.69, 9.17) is 0 Å². The lowest BCUT2D eigenvalue weighted by molar-refractivity contribution is -0.384. The number of hydrogen-bond donors (Lipinski definition) is 1. The second-order valence-corrected chi connectivity index (χ2v) is 4.42. The van der Waals surface area contributed by atoms with Crippen LogP contribution in [0.3, 0.4) is 0 Å². The average molecular weight is 259 g/mol. The molecule has 0 atom stereocenters. The summed E-state index contributed by atoms with van der Waals surface area (Å²) in [5, 5.41) is 14.2. The van der Waals surface area contributed by atoms with Crippen molar-refractivity contribution in [1.82, 2.24) is 4.57 Å². The lowest BCUT2D eigenvalue weighted by atomic mass is 10.2. The van der Waals surface area contributed by atoms with Crippen molar-refractivity contribution in [1.29, 1.82) is 0 Å². The first-order chi connectivity index (χ1) is 9.11. The summed E-state index contributed by atoms with van der Waals surface area (Å²) >= 11 is 0. The number of anilines is 1. The van der Waals surface area contributed by atoms with Crippen LogP contribution in [0.1, 0.15) is 18.2 Å². The van der Waals surface area contributed by atoms with Gasteiger partial charge in [-0.15, -0.1) is 0 Å². The van der Waals surface area contributed by atoms with Crippen molar-refractivity contribution < 1.29 is 4.92 Å². The normalized spacial score (nSPS) is 10.4. The predicted octanol–water partition coefficient (Wildman–Crippen LogP) is 3.34. The molecular weight excluding hydrogens is 242 g/mol. The van der Waals surface area contributed by atoms with Crippen molar-refractivity contribution in [3.05, 3.63) is 57.9 Å². The van der Waals surface area contributed by atoms with Crippen molar-refractivity contribution >= 4 is 11.4 Å². The van der Waals surface area contributed by atoms with Crippen LogP contribution in [0, 0.1) is 17.0 Å². The summed E-state index contributed by atoms with van der Waals surface area (Å²) < 4.78 is 2.10. The van der Waals surface area contributed by atoms with Gasteiger partial charge in [0.05, 0.1) is 11.5 Å². The van der Waals surface area contributed by atoms with Crippen molar-refractivity contribution in [3.8, 4) is 0 Å². The molecule has 1 heterocycles. The van der Waals surface area contributed by atoms with Gasteiger partial charge in [0, 0.05) is 24.5 Å². The summed E-state index contributed by atoms with van der Waals surface area (Å²) in [4.78, 5) is 10.7. The first-order valence-electron chi connectivity index (χ1n) is 6.24. The smallest absolute Gasteiger partial charge is 0.292 e. The Morgan fingerprint density at radius 2 is 2.16 bits per heavy atom. The van der Waals surface area contributed by atoms with E-state index in [2.05, 4.69) is 16.8 Å². The zero-order chi connectivity index (χ0) is 13.8. The molecular formula is C14H17N3O2. The van der Waals surface area contributed by atoms with E-state index >= 15 is 0 Å². The Bertz CT molecular complexity index is 590. The number of rotatable bonds is 5. The molecule has 0 unspecified atom stereocenters. The van der Waals surface area contributed by atoms with E-state index in [1.165, 1.54) is 0 Å². The second kappa shape index (κ2) is 5.56. The minimum atomic E-state index is -0.353. The Hall–Kier alpha value is -2.30. The Labute approximate surface area is 112 Å². The Kier molecular flexibility index (Phi) is 3.85. The number of hydrogen-bond acceptors (Lipinski definition) is 3. The first kappa shape index (κ1) is 13.1. The minimum Gasteiger partial charge on any atom is -0.374 e. The van der Waals surface area contributed by atoms with E-state index in [1.807, 2.05) is 31.3 Å². The molecule has 100 valence electrons. The monoisotopic (exact) mass is 259 g/mol. The zero-order valence-corrected chi connectivity index (χ0v) is 11.1. The summed E-state index contributed by atoms with van der Waals surface area (Å²) in [6.07, 6.45) is 2.00. The van der Waals surface area contributed by atoms with E-state index in [1.54, 1.807) is 12.1 Å². The lowest BCUT2D eigenvalue weighted by Crippen LogP contribution is -2.07. The Balaban J connectivity index is 2.18. The van der Waals surface area contributed by atoms with Crippen molar-refractivity contribution in [2.45, 2.75) is 26.9 Å². The van der Waals surface area contributed by atoms with Crippen LogP contribution < -0.4 is 5.32 Å². The third kappa shape index (κ3) is 2.93. The highest BCUT2D eigenvalue weighted by Crippen LogP contribution is 2.25. The lowest BCUT2D eigenvalue weighted by Gasteiger charge is -2.10. The van der Waals surface area contributed by atoms with Crippen molar-refractivity contribution in [2.24, 2.45) is 0 Å². The molecule has 0 saturated carbocycles. The van der Waals surface area contributed by atoms with Crippen molar-refractivity contribution in [2.75, 3.05) is 5.32 Å². The molecule has 0 radical (unpaired) electrons. The molecule has 1 aromatic heterocycles. The van der Waals surface area contributed by atoms with Crippen LogP contribution in [-0.2, 0) is 13.1 Å². The number of nitro groups is 1. The van der Waals surface area contributed by atoms with E-state index in [0.29, 0.717) is 12.2 Å². The van der Waals surface area contributed by atoms with E-state index in [0.717, 1.165) is 17.8 Å². The molecule has 0 aliphatic heterocycles. The van der Waals surface area contributed by atoms with Gasteiger partial charge in [-0.2, -0.15) is 0 Å². The largest absolute Gasteiger partial charge is 0.374 e. The number of aromatic nitrogens is 1. The first-order valence-corrected chi connectivity index (χ1v) is 6.24. The number of nitro benzene ring substituents is 1. The summed E-state index contributed by atoms with van der Waals surface area (Å²) in [6, 6.07) is 9.20. The van der Waals surface area contributed by atoms with Crippen LogP contribution in [0.2, 0.25) is 0 Å². The third-order valence-electron chi connectivity index (χ3n) is 3.07. The molecule has 0 bridgehead atoms. The maximum atomic E-state index is 11.0. The summed E-state index contributed by atoms with van der Waals surface area (Å²) in [5.41, 5.74) is 2.67. The fourth-order valence-corrected chi connectivity index (χ4v) is 2.05. The molecule has 0 spiro atoms. The molecule has 2 rings (SSSR count). The maximum Gasteiger partial charge on any atom is 0.292 e. The second-order valence-electron chi connectivity index (χ2n) is 4.42. The zero-order valence-electron chi connectivity index (χ0n) is 11.1. The molecule has 5 heteroatoms. The average Bonchev–Trinajstić information content (AvgIpc) is 2.84. The number of aryl methyl sites for hydroxylation is 2. The molecule has 1 N–H and O–H groups in total. The van der Waals surface area contributed by atoms with Gasteiger partial charge in [-0.3, -0.25) is 10.1 Å². The SMILES string of the molecule is CCn1cccc1CNc1ccc(C)cc1[N+](=O)[O-]. The number of benzene rings is 1. The quantitative estimate of drug-likeness (QED) is 0.661. The van der Waals surface area contributed by atoms with Crippen LogP contribution in [0.4, 0.5) is 11.4 Å². The van der Waals surface area contributed by atoms with Crippen LogP contribution >= 0.6 is 0 Å². The van der Waals surface area contributed by atoms with Crippen LogP contribution in [0.15, 0.2) is 36.5 Å². The molecule has 0 aliphatic rings. The highest BCUT2D eigenvalue weighted by atomic mass is 16.6. The highest BCUT2D eigenvalue weighted by molar-refractivity contribution is 5.62. The summed E-state index contributed by atoms with van der Waals surface area (Å²) in [5.74, 6) is 0. The standard InChI is InChI=1S/C14H17N3O2/c1-3-16-8-4-5-12(16)10-15-13-7-6-11(2)9-14(13)17(18)19/h4-9,15H,3,10H2,1-2H3. The van der Waals surface area contributed by atoms with Gasteiger partial charge >= 0.3 is 0 Å². The van der Waals surface area contributed by atoms with Gasteiger partial charge in [0.15, 0.2) is 0 Å². The van der Waals surface area contributed by atoms with Gasteiger partial charge < -0.3 is 9.88 Å². The van der Waals surface area contributed by atoms with Gasteiger partial charge in [-0.25, -0.2) is 0 Å². The Morgan fingerprint density at radius 3 is 2.84 bits per heavy atom. The summed E-state index contributed by atoms with van der Waals surface area (Å²) in [6.45, 7) is 5.38. The van der Waals surface area contributed by atoms with Gasteiger partial charge in [0.25, 0.3) is 5.69 Å². The molecule has 0 amide bonds. The van der Waals surface area contributed by atoms with Gasteiger partial charge in [0.2, 0.25) is 0 Å². The minimum absolute atomic E-state index is 0.120. The Morgan fingerprint density at radius 1 is 1.37 bits per heavy atom. The molecule has 5 nitrogen and oxygen atoms in total. The van der Waals surface area contributed by atoms with Crippen LogP contribution in [0.5, 0.6) is 0 Å². The van der Waals surface area contributed by atoms with Crippen molar-refractivity contribution in [3.63, 3.8) is 0 Å². The topological polar surface area (TPSA) is 60.1 Å². The van der Waals surface area contributed by atoms with Gasteiger partial charge in [-0.1, -0.05) is 6.07 Å². The molecule has 0 aliphatic carbocycles. The van der Waals surface area contributed by atoms with E-state index < -0.39 is 0 Å². The van der Waals surface area contributed by atoms with Gasteiger partial charge in [-0.05, 0) is 37.6 Å². The third-order valence-corrected chi connectivity index (χ3v) is 3.07. The molecule has 0 fully saturated rings. The molecule has 2 aromatic rings. The predicted molar refractivity (Wildman–Crippen MR) is 75.3 cm³/mol. The molecule has 0 saturated heterocycles. The molecule has 1 aromatic carbocycles. The fraction of sp³-hybridized carbons (Fsp3) is 0.286. The van der Waals surface area contributed by atoms with E-state index in [-0.39, 0.29) is 10.6 Å². The van der Waals surface area contributed by atoms with E-state index in [9.17, 15) is 10.1 Å². The number of nitrogens with zero attached hydrogens (tertiary/aromatic N) is 2. The number of nitrogens with one attached hydrogen (secondary N) is 1. The summed E-state index contributed by atoms with van der Waals surface area (Å²) in [7, 11) is 0. The highest BCUT2D eigenvalue weighted by Gasteiger charge is 2.13. The van der Waals surface area contributed by atoms with Crippen LogP contribution in [-0.4, -0.2) is 9.49 Å². The van der Waals surface area contributed by atoms with Crippen LogP contribution in [0.25, 0.3) is 0 Å². The molecule has 19 heavy (non-hydrogen) atoms.